The van der Waals surface area contributed by atoms with E-state index in [0.29, 0.717) is 41.2 Å². The van der Waals surface area contributed by atoms with Gasteiger partial charge in [0.15, 0.2) is 11.5 Å². The number of amides is 1. The van der Waals surface area contributed by atoms with E-state index in [4.69, 9.17) is 16.6 Å². The molecular weight excluding hydrogens is 599 g/mol. The molecule has 0 radical (unpaired) electrons. The molecule has 43 heavy (non-hydrogen) atoms. The number of halogens is 2. The van der Waals surface area contributed by atoms with Crippen molar-refractivity contribution < 1.29 is 17.6 Å². The third-order valence-corrected chi connectivity index (χ3v) is 8.99. The number of anilines is 2. The van der Waals surface area contributed by atoms with Gasteiger partial charge in [0.2, 0.25) is 16.0 Å². The third-order valence-electron chi connectivity index (χ3n) is 8.22. The smallest absolute Gasteiger partial charge is 0.285 e. The molecule has 1 aliphatic carbocycles. The number of carbonyl (C=O) groups excluding carboxylic acids is 1. The topological polar surface area (TPSA) is 144 Å². The molecule has 1 aromatic carbocycles. The van der Waals surface area contributed by atoms with Crippen LogP contribution in [0.1, 0.15) is 46.3 Å². The Balaban J connectivity index is 1.33. The normalized spacial score (nSPS) is 20.3. The fourth-order valence-electron chi connectivity index (χ4n) is 6.13. The second-order valence-electron chi connectivity index (χ2n) is 11.4. The molecule has 2 aliphatic rings. The van der Waals surface area contributed by atoms with Crippen molar-refractivity contribution in [3.8, 4) is 0 Å². The van der Waals surface area contributed by atoms with Crippen LogP contribution in [0.15, 0.2) is 35.3 Å². The molecular formula is C28H30ClFN8O4S. The van der Waals surface area contributed by atoms with Gasteiger partial charge >= 0.3 is 0 Å². The lowest BCUT2D eigenvalue weighted by Crippen LogP contribution is -2.33. The molecule has 12 nitrogen and oxygen atoms in total. The zero-order valence-corrected chi connectivity index (χ0v) is 25.7. The summed E-state index contributed by atoms with van der Waals surface area (Å²) in [7, 11) is -2.14. The first kappa shape index (κ1) is 29.1. The van der Waals surface area contributed by atoms with Gasteiger partial charge in [-0.15, -0.1) is 0 Å². The Morgan fingerprint density at radius 2 is 1.86 bits per heavy atom. The zero-order chi connectivity index (χ0) is 31.0. The van der Waals surface area contributed by atoms with Crippen molar-refractivity contribution in [3.05, 3.63) is 74.3 Å². The summed E-state index contributed by atoms with van der Waals surface area (Å²) in [5.74, 6) is -0.161. The minimum absolute atomic E-state index is 0.0198. The SMILES string of the molecule is Cc1cc([C@@H](C)Nc2ccc(Cl)nc2C(=O)NS(C)(=O)=O)c2nc(N3C[C@@H]4C(n5ncc(F)c5C)[C@@H]4C3)n(C)c(=O)c2c1. The Morgan fingerprint density at radius 1 is 1.16 bits per heavy atom. The number of rotatable bonds is 7. The highest BCUT2D eigenvalue weighted by atomic mass is 35.5. The second-order valence-corrected chi connectivity index (χ2v) is 13.5. The van der Waals surface area contributed by atoms with Gasteiger partial charge in [-0.3, -0.25) is 18.8 Å². The highest BCUT2D eigenvalue weighted by molar-refractivity contribution is 7.89. The number of hydrogen-bond acceptors (Lipinski definition) is 9. The molecule has 1 saturated heterocycles. The number of hydrogen-bond donors (Lipinski definition) is 2. The van der Waals surface area contributed by atoms with E-state index in [2.05, 4.69) is 20.3 Å². The van der Waals surface area contributed by atoms with E-state index in [1.165, 1.54) is 12.3 Å². The van der Waals surface area contributed by atoms with E-state index >= 15 is 0 Å². The number of fused-ring (bicyclic) bond motifs is 2. The summed E-state index contributed by atoms with van der Waals surface area (Å²) in [6, 6.07) is 6.40. The highest BCUT2D eigenvalue weighted by Crippen LogP contribution is 2.56. The van der Waals surface area contributed by atoms with Crippen molar-refractivity contribution in [1.29, 1.82) is 0 Å². The lowest BCUT2D eigenvalue weighted by Gasteiger charge is -2.25. The Bertz CT molecular complexity index is 1970. The van der Waals surface area contributed by atoms with Crippen molar-refractivity contribution in [2.75, 3.05) is 29.6 Å². The van der Waals surface area contributed by atoms with Gasteiger partial charge in [0.1, 0.15) is 5.15 Å². The Morgan fingerprint density at radius 3 is 2.49 bits per heavy atom. The number of benzene rings is 1. The van der Waals surface area contributed by atoms with Crippen LogP contribution >= 0.6 is 11.6 Å². The minimum Gasteiger partial charge on any atom is -0.377 e. The number of piperidine rings is 1. The van der Waals surface area contributed by atoms with Gasteiger partial charge in [0.25, 0.3) is 11.5 Å². The molecule has 0 spiro atoms. The maximum atomic E-state index is 13.9. The number of carbonyl (C=O) groups is 1. The van der Waals surface area contributed by atoms with Crippen LogP contribution in [0, 0.1) is 31.5 Å². The predicted molar refractivity (Wildman–Crippen MR) is 160 cm³/mol. The molecule has 4 aromatic rings. The van der Waals surface area contributed by atoms with Crippen molar-refractivity contribution in [2.24, 2.45) is 18.9 Å². The van der Waals surface area contributed by atoms with Crippen LogP contribution in [0.5, 0.6) is 0 Å². The predicted octanol–water partition coefficient (Wildman–Crippen LogP) is 3.10. The highest BCUT2D eigenvalue weighted by Gasteiger charge is 2.58. The van der Waals surface area contributed by atoms with Crippen LogP contribution in [0.4, 0.5) is 16.0 Å². The fraction of sp³-hybridized carbons (Fsp3) is 0.393. The molecule has 1 aliphatic heterocycles. The van der Waals surface area contributed by atoms with Gasteiger partial charge in [-0.05, 0) is 44.5 Å². The summed E-state index contributed by atoms with van der Waals surface area (Å²) in [6.45, 7) is 6.77. The van der Waals surface area contributed by atoms with Crippen molar-refractivity contribution in [2.45, 2.75) is 32.9 Å². The molecule has 4 heterocycles. The fourth-order valence-corrected chi connectivity index (χ4v) is 6.71. The van der Waals surface area contributed by atoms with Crippen molar-refractivity contribution >= 4 is 50.1 Å². The van der Waals surface area contributed by atoms with Crippen LogP contribution < -0.4 is 20.5 Å². The van der Waals surface area contributed by atoms with Gasteiger partial charge in [-0.2, -0.15) is 5.10 Å². The van der Waals surface area contributed by atoms with E-state index < -0.39 is 22.0 Å². The van der Waals surface area contributed by atoms with Gasteiger partial charge < -0.3 is 10.2 Å². The molecule has 4 atom stereocenters. The molecule has 1 unspecified atom stereocenters. The number of aryl methyl sites for hydroxylation is 1. The molecule has 226 valence electrons. The number of nitrogens with one attached hydrogen (secondary N) is 2. The lowest BCUT2D eigenvalue weighted by molar-refractivity contribution is 0.0977. The standard InChI is InChI=1S/C28H30ClFN8O4S/c1-13-8-16(14(2)32-21-6-7-22(29)33-24(21)26(39)35-43(5,41)42)23-17(9-13)27(40)36(4)28(34-23)37-11-18-19(12-37)25(18)38-15(3)20(30)10-31-38/h6-10,14,18-19,25,32H,11-12H2,1-5H3,(H,35,39)/t14-,18-,19+,25?/m1/s1. The van der Waals surface area contributed by atoms with Crippen LogP contribution in [0.2, 0.25) is 5.15 Å². The maximum Gasteiger partial charge on any atom is 0.285 e. The molecule has 6 rings (SSSR count). The van der Waals surface area contributed by atoms with Crippen molar-refractivity contribution in [1.82, 2.24) is 29.0 Å². The van der Waals surface area contributed by atoms with Gasteiger partial charge in [0, 0.05) is 37.5 Å². The molecule has 1 saturated carbocycles. The molecule has 3 aromatic heterocycles. The summed E-state index contributed by atoms with van der Waals surface area (Å²) in [5.41, 5.74) is 2.46. The van der Waals surface area contributed by atoms with E-state index in [1.807, 2.05) is 24.6 Å². The van der Waals surface area contributed by atoms with Crippen LogP contribution in [0.3, 0.4) is 0 Å². The lowest BCUT2D eigenvalue weighted by atomic mass is 10.0. The van der Waals surface area contributed by atoms with Crippen LogP contribution in [0.25, 0.3) is 10.9 Å². The minimum atomic E-state index is -3.84. The molecule has 2 N–H and O–H groups in total. The van der Waals surface area contributed by atoms with Crippen LogP contribution in [-0.4, -0.2) is 58.0 Å². The van der Waals surface area contributed by atoms with E-state index in [1.54, 1.807) is 35.4 Å². The molecule has 0 bridgehead atoms. The number of nitrogens with zero attached hydrogens (tertiary/aromatic N) is 6. The first-order chi connectivity index (χ1) is 20.2. The average Bonchev–Trinajstić information content (AvgIpc) is 3.22. The molecule has 1 amide bonds. The maximum absolute atomic E-state index is 13.9. The van der Waals surface area contributed by atoms with Gasteiger partial charge in [-0.1, -0.05) is 17.7 Å². The van der Waals surface area contributed by atoms with Crippen molar-refractivity contribution in [3.63, 3.8) is 0 Å². The van der Waals surface area contributed by atoms with E-state index in [9.17, 15) is 22.4 Å². The summed E-state index contributed by atoms with van der Waals surface area (Å²) >= 11 is 6.02. The quantitative estimate of drug-likeness (QED) is 0.295. The third kappa shape index (κ3) is 5.22. The Kier molecular flexibility index (Phi) is 6.96. The Hall–Kier alpha value is -4.04. The van der Waals surface area contributed by atoms with E-state index in [-0.39, 0.29) is 45.8 Å². The van der Waals surface area contributed by atoms with Gasteiger partial charge in [-0.25, -0.2) is 27.5 Å². The van der Waals surface area contributed by atoms with Gasteiger partial charge in [0.05, 0.1) is 46.8 Å². The average molecular weight is 629 g/mol. The number of aromatic nitrogens is 5. The number of sulfonamides is 1. The Labute approximate surface area is 251 Å². The number of pyridine rings is 1. The monoisotopic (exact) mass is 628 g/mol. The zero-order valence-electron chi connectivity index (χ0n) is 24.1. The van der Waals surface area contributed by atoms with E-state index in [0.717, 1.165) is 11.8 Å². The summed E-state index contributed by atoms with van der Waals surface area (Å²) < 4.78 is 42.5. The first-order valence-corrected chi connectivity index (χ1v) is 15.9. The summed E-state index contributed by atoms with van der Waals surface area (Å²) in [4.78, 5) is 37.5. The summed E-state index contributed by atoms with van der Waals surface area (Å²) in [6.07, 6.45) is 2.12. The first-order valence-electron chi connectivity index (χ1n) is 13.6. The largest absolute Gasteiger partial charge is 0.377 e. The van der Waals surface area contributed by atoms with Crippen LogP contribution in [-0.2, 0) is 17.1 Å². The second kappa shape index (κ2) is 10.3. The molecule has 2 fully saturated rings. The summed E-state index contributed by atoms with van der Waals surface area (Å²) in [5, 5.41) is 7.92. The molecule has 15 heteroatoms.